The summed E-state index contributed by atoms with van der Waals surface area (Å²) in [5, 5.41) is 0. The third kappa shape index (κ3) is 2.90. The lowest BCUT2D eigenvalue weighted by atomic mass is 10.2. The van der Waals surface area contributed by atoms with Crippen LogP contribution in [0.4, 0.5) is 24.8 Å². The monoisotopic (exact) mass is 283 g/mol. The van der Waals surface area contributed by atoms with Crippen LogP contribution >= 0.6 is 0 Å². The SMILES string of the molecule is Cc1cc(=Nc2ccc(C(F)(F)F)cc2)n(N)c(N)n1. The highest BCUT2D eigenvalue weighted by atomic mass is 19.4. The number of hydrogen-bond acceptors (Lipinski definition) is 4. The molecule has 2 aromatic rings. The molecule has 1 heterocycles. The number of benzene rings is 1. The molecule has 0 saturated heterocycles. The van der Waals surface area contributed by atoms with Crippen molar-refractivity contribution in [3.8, 4) is 0 Å². The van der Waals surface area contributed by atoms with Gasteiger partial charge in [0.2, 0.25) is 5.95 Å². The Morgan fingerprint density at radius 3 is 2.35 bits per heavy atom. The van der Waals surface area contributed by atoms with Gasteiger partial charge in [0.05, 0.1) is 11.3 Å². The molecular weight excluding hydrogens is 271 g/mol. The molecule has 0 unspecified atom stereocenters. The van der Waals surface area contributed by atoms with Crippen LogP contribution in [0.3, 0.4) is 0 Å². The molecule has 0 aliphatic heterocycles. The second-order valence-electron chi connectivity index (χ2n) is 4.14. The van der Waals surface area contributed by atoms with E-state index < -0.39 is 11.7 Å². The molecule has 0 radical (unpaired) electrons. The first-order valence-electron chi connectivity index (χ1n) is 5.60. The van der Waals surface area contributed by atoms with Crippen molar-refractivity contribution < 1.29 is 13.2 Å². The summed E-state index contributed by atoms with van der Waals surface area (Å²) in [5.74, 6) is 5.72. The molecule has 4 N–H and O–H groups in total. The molecule has 1 aromatic heterocycles. The van der Waals surface area contributed by atoms with Gasteiger partial charge < -0.3 is 11.6 Å². The van der Waals surface area contributed by atoms with Gasteiger partial charge in [0.25, 0.3) is 0 Å². The highest BCUT2D eigenvalue weighted by molar-refractivity contribution is 5.40. The largest absolute Gasteiger partial charge is 0.416 e. The summed E-state index contributed by atoms with van der Waals surface area (Å²) in [7, 11) is 0. The third-order valence-electron chi connectivity index (χ3n) is 2.56. The van der Waals surface area contributed by atoms with Gasteiger partial charge in [-0.25, -0.2) is 14.7 Å². The zero-order chi connectivity index (χ0) is 14.9. The molecule has 2 rings (SSSR count). The van der Waals surface area contributed by atoms with Crippen molar-refractivity contribution in [2.45, 2.75) is 13.1 Å². The Labute approximate surface area is 112 Å². The number of nitrogen functional groups attached to an aromatic ring is 2. The van der Waals surface area contributed by atoms with Crippen molar-refractivity contribution in [1.29, 1.82) is 0 Å². The average Bonchev–Trinajstić information content (AvgIpc) is 2.35. The number of rotatable bonds is 1. The summed E-state index contributed by atoms with van der Waals surface area (Å²) in [6, 6.07) is 6.01. The normalized spacial score (nSPS) is 12.7. The Balaban J connectivity index is 2.46. The van der Waals surface area contributed by atoms with Gasteiger partial charge in [-0.1, -0.05) is 0 Å². The number of nitrogens with zero attached hydrogens (tertiary/aromatic N) is 3. The van der Waals surface area contributed by atoms with Gasteiger partial charge in [-0.2, -0.15) is 13.2 Å². The van der Waals surface area contributed by atoms with E-state index in [0.29, 0.717) is 16.9 Å². The van der Waals surface area contributed by atoms with E-state index in [4.69, 9.17) is 11.6 Å². The van der Waals surface area contributed by atoms with Crippen LogP contribution in [0, 0.1) is 6.92 Å². The Morgan fingerprint density at radius 1 is 1.20 bits per heavy atom. The van der Waals surface area contributed by atoms with Crippen molar-refractivity contribution in [3.05, 3.63) is 47.1 Å². The Bertz CT molecular complexity index is 686. The van der Waals surface area contributed by atoms with Crippen LogP contribution in [-0.4, -0.2) is 9.66 Å². The number of halogens is 3. The Hall–Kier alpha value is -2.51. The molecule has 0 aliphatic rings. The van der Waals surface area contributed by atoms with Crippen molar-refractivity contribution in [3.63, 3.8) is 0 Å². The topological polar surface area (TPSA) is 82.2 Å². The highest BCUT2D eigenvalue weighted by Crippen LogP contribution is 2.30. The van der Waals surface area contributed by atoms with E-state index >= 15 is 0 Å². The van der Waals surface area contributed by atoms with Gasteiger partial charge in [0, 0.05) is 11.8 Å². The zero-order valence-corrected chi connectivity index (χ0v) is 10.5. The summed E-state index contributed by atoms with van der Waals surface area (Å²) in [6.07, 6.45) is -4.37. The summed E-state index contributed by atoms with van der Waals surface area (Å²) < 4.78 is 38.4. The first-order chi connectivity index (χ1) is 9.27. The summed E-state index contributed by atoms with van der Waals surface area (Å²) in [6.45, 7) is 1.71. The summed E-state index contributed by atoms with van der Waals surface area (Å²) >= 11 is 0. The molecule has 8 heteroatoms. The Morgan fingerprint density at radius 2 is 1.80 bits per heavy atom. The second-order valence-corrected chi connectivity index (χ2v) is 4.14. The molecule has 1 aromatic carbocycles. The molecular formula is C12H12F3N5. The number of nitrogens with two attached hydrogens (primary N) is 2. The van der Waals surface area contributed by atoms with Gasteiger partial charge in [-0.05, 0) is 31.2 Å². The number of hydrogen-bond donors (Lipinski definition) is 2. The van der Waals surface area contributed by atoms with E-state index in [1.807, 2.05) is 0 Å². The lowest BCUT2D eigenvalue weighted by Gasteiger charge is -2.07. The van der Waals surface area contributed by atoms with Gasteiger partial charge in [0.15, 0.2) is 5.49 Å². The molecule has 0 saturated carbocycles. The molecule has 0 spiro atoms. The van der Waals surface area contributed by atoms with Crippen LogP contribution < -0.4 is 17.1 Å². The van der Waals surface area contributed by atoms with Gasteiger partial charge in [-0.3, -0.25) is 0 Å². The minimum absolute atomic E-state index is 0.0654. The predicted molar refractivity (Wildman–Crippen MR) is 68.2 cm³/mol. The number of alkyl halides is 3. The fraction of sp³-hybridized carbons (Fsp3) is 0.167. The van der Waals surface area contributed by atoms with Gasteiger partial charge in [-0.15, -0.1) is 0 Å². The van der Waals surface area contributed by atoms with E-state index in [2.05, 4.69) is 9.98 Å². The van der Waals surface area contributed by atoms with E-state index in [1.54, 1.807) is 13.0 Å². The fourth-order valence-electron chi connectivity index (χ4n) is 1.58. The summed E-state index contributed by atoms with van der Waals surface area (Å²) in [5.41, 5.74) is 6.08. The van der Waals surface area contributed by atoms with E-state index in [-0.39, 0.29) is 5.95 Å². The quantitative estimate of drug-likeness (QED) is 0.782. The van der Waals surface area contributed by atoms with Crippen LogP contribution in [0.25, 0.3) is 0 Å². The first-order valence-corrected chi connectivity index (χ1v) is 5.60. The minimum Gasteiger partial charge on any atom is -0.368 e. The van der Waals surface area contributed by atoms with Crippen molar-refractivity contribution >= 4 is 11.6 Å². The third-order valence-corrected chi connectivity index (χ3v) is 2.56. The zero-order valence-electron chi connectivity index (χ0n) is 10.5. The maximum atomic E-state index is 12.4. The van der Waals surface area contributed by atoms with Crippen molar-refractivity contribution in [2.24, 2.45) is 4.99 Å². The molecule has 0 atom stereocenters. The number of aryl methyl sites for hydroxylation is 1. The second kappa shape index (κ2) is 4.87. The molecule has 20 heavy (non-hydrogen) atoms. The molecule has 0 aliphatic carbocycles. The predicted octanol–water partition coefficient (Wildman–Crippen LogP) is 1.74. The van der Waals surface area contributed by atoms with Crippen molar-refractivity contribution in [2.75, 3.05) is 11.6 Å². The molecule has 106 valence electrons. The standard InChI is InChI=1S/C12H12F3N5/c1-7-6-10(20(17)11(16)18-7)19-9-4-2-8(3-5-9)12(13,14)15/h2-6H,17H2,1H3,(H2,16,18). The molecule has 0 amide bonds. The average molecular weight is 283 g/mol. The maximum Gasteiger partial charge on any atom is 0.416 e. The lowest BCUT2D eigenvalue weighted by Crippen LogP contribution is -2.31. The molecule has 0 bridgehead atoms. The van der Waals surface area contributed by atoms with E-state index in [9.17, 15) is 13.2 Å². The smallest absolute Gasteiger partial charge is 0.368 e. The fourth-order valence-corrected chi connectivity index (χ4v) is 1.58. The van der Waals surface area contributed by atoms with Gasteiger partial charge >= 0.3 is 6.18 Å². The molecule has 0 fully saturated rings. The molecule has 5 nitrogen and oxygen atoms in total. The van der Waals surface area contributed by atoms with E-state index in [0.717, 1.165) is 16.8 Å². The number of aromatic nitrogens is 2. The van der Waals surface area contributed by atoms with Crippen LogP contribution in [0.5, 0.6) is 0 Å². The van der Waals surface area contributed by atoms with Crippen molar-refractivity contribution in [1.82, 2.24) is 9.66 Å². The van der Waals surface area contributed by atoms with Crippen LogP contribution in [-0.2, 0) is 6.18 Å². The van der Waals surface area contributed by atoms with Crippen LogP contribution in [0.1, 0.15) is 11.3 Å². The maximum absolute atomic E-state index is 12.4. The Kier molecular flexibility index (Phi) is 3.39. The highest BCUT2D eigenvalue weighted by Gasteiger charge is 2.29. The minimum atomic E-state index is -4.37. The van der Waals surface area contributed by atoms with Gasteiger partial charge in [0.1, 0.15) is 0 Å². The number of anilines is 1. The van der Waals surface area contributed by atoms with E-state index in [1.165, 1.54) is 12.1 Å². The summed E-state index contributed by atoms with van der Waals surface area (Å²) in [4.78, 5) is 8.06. The first kappa shape index (κ1) is 13.9. The van der Waals surface area contributed by atoms with Crippen LogP contribution in [0.2, 0.25) is 0 Å². The van der Waals surface area contributed by atoms with Crippen LogP contribution in [0.15, 0.2) is 35.3 Å². The lowest BCUT2D eigenvalue weighted by molar-refractivity contribution is -0.137.